The molecule has 0 saturated heterocycles. The number of hydrogen-bond donors (Lipinski definition) is 0. The molecule has 0 aliphatic carbocycles. The monoisotopic (exact) mass is 1120 g/mol. The van der Waals surface area contributed by atoms with Gasteiger partial charge in [-0.1, -0.05) is 297 Å². The molecule has 0 spiro atoms. The zero-order chi connectivity index (χ0) is 58.5. The molecule has 0 aromatic rings. The van der Waals surface area contributed by atoms with Gasteiger partial charge in [0.15, 0.2) is 6.10 Å². The van der Waals surface area contributed by atoms with Gasteiger partial charge in [-0.15, -0.1) is 0 Å². The van der Waals surface area contributed by atoms with Crippen molar-refractivity contribution in [2.45, 2.75) is 335 Å². The molecule has 0 amide bonds. The lowest BCUT2D eigenvalue weighted by Gasteiger charge is -2.18. The zero-order valence-electron chi connectivity index (χ0n) is 53.3. The van der Waals surface area contributed by atoms with Gasteiger partial charge < -0.3 is 14.2 Å². The molecule has 0 saturated carbocycles. The van der Waals surface area contributed by atoms with Gasteiger partial charge in [-0.25, -0.2) is 0 Å². The van der Waals surface area contributed by atoms with Gasteiger partial charge >= 0.3 is 17.9 Å². The fraction of sp³-hybridized carbons (Fsp3) is 0.720. The Labute approximate surface area is 501 Å². The van der Waals surface area contributed by atoms with Crippen molar-refractivity contribution in [3.8, 4) is 0 Å². The number of rotatable bonds is 62. The molecule has 6 heteroatoms. The lowest BCUT2D eigenvalue weighted by Crippen LogP contribution is -2.30. The molecule has 464 valence electrons. The van der Waals surface area contributed by atoms with Crippen LogP contribution in [0.15, 0.2) is 109 Å². The fourth-order valence-corrected chi connectivity index (χ4v) is 9.66. The van der Waals surface area contributed by atoms with Gasteiger partial charge in [0.2, 0.25) is 0 Å². The Kier molecular flexibility index (Phi) is 65.2. The third kappa shape index (κ3) is 66.8. The molecule has 81 heavy (non-hydrogen) atoms. The maximum Gasteiger partial charge on any atom is 0.306 e. The largest absolute Gasteiger partial charge is 0.462 e. The van der Waals surface area contributed by atoms with E-state index in [1.54, 1.807) is 0 Å². The summed E-state index contributed by atoms with van der Waals surface area (Å²) in [6.45, 7) is 6.37. The summed E-state index contributed by atoms with van der Waals surface area (Å²) in [5.41, 5.74) is 0. The molecule has 0 radical (unpaired) electrons. The first kappa shape index (κ1) is 77.1. The van der Waals surface area contributed by atoms with Gasteiger partial charge in [-0.3, -0.25) is 14.4 Å². The number of carbonyl (C=O) groups is 3. The first-order chi connectivity index (χ1) is 40.0. The quantitative estimate of drug-likeness (QED) is 0.0261. The van der Waals surface area contributed by atoms with E-state index >= 15 is 0 Å². The Morgan fingerprint density at radius 3 is 0.765 bits per heavy atom. The Balaban J connectivity index is 4.11. The van der Waals surface area contributed by atoms with Crippen LogP contribution < -0.4 is 0 Å². The molecule has 0 aromatic carbocycles. The molecule has 0 fully saturated rings. The van der Waals surface area contributed by atoms with Gasteiger partial charge in [0.1, 0.15) is 13.2 Å². The number of hydrogen-bond acceptors (Lipinski definition) is 6. The van der Waals surface area contributed by atoms with Gasteiger partial charge in [-0.05, 0) is 122 Å². The summed E-state index contributed by atoms with van der Waals surface area (Å²) < 4.78 is 16.9. The Bertz CT molecular complexity index is 1620. The highest BCUT2D eigenvalue weighted by Gasteiger charge is 2.19. The van der Waals surface area contributed by atoms with Gasteiger partial charge in [0.25, 0.3) is 0 Å². The average Bonchev–Trinajstić information content (AvgIpc) is 3.46. The highest BCUT2D eigenvalue weighted by Crippen LogP contribution is 2.17. The minimum absolute atomic E-state index is 0.0904. The molecule has 1 unspecified atom stereocenters. The molecule has 0 bridgehead atoms. The molecule has 0 rings (SSSR count). The summed E-state index contributed by atoms with van der Waals surface area (Å²) in [5.74, 6) is -0.924. The first-order valence-electron chi connectivity index (χ1n) is 34.4. The SMILES string of the molecule is CC/C=C\C/C=C\C/C=C\C/C=C\CCCCCCCCCCCCCCCCCCCCCCCCC(=O)OCC(COC(=O)CCCCC/C=C\C/C=C\C/C=C\CC)OC(=O)CCCCCCC/C=C\C/C=C\CCCCC. The van der Waals surface area contributed by atoms with E-state index in [2.05, 4.69) is 130 Å². The second-order valence-electron chi connectivity index (χ2n) is 22.7. The summed E-state index contributed by atoms with van der Waals surface area (Å²) in [7, 11) is 0. The van der Waals surface area contributed by atoms with Crippen molar-refractivity contribution < 1.29 is 28.6 Å². The summed E-state index contributed by atoms with van der Waals surface area (Å²) >= 11 is 0. The first-order valence-corrected chi connectivity index (χ1v) is 34.4. The fourth-order valence-electron chi connectivity index (χ4n) is 9.66. The van der Waals surface area contributed by atoms with E-state index in [0.29, 0.717) is 19.3 Å². The van der Waals surface area contributed by atoms with Gasteiger partial charge in [-0.2, -0.15) is 0 Å². The normalized spacial score (nSPS) is 12.8. The van der Waals surface area contributed by atoms with E-state index in [0.717, 1.165) is 135 Å². The van der Waals surface area contributed by atoms with Crippen LogP contribution in [0.2, 0.25) is 0 Å². The molecule has 6 nitrogen and oxygen atoms in total. The number of carbonyl (C=O) groups excluding carboxylic acids is 3. The molecule has 0 heterocycles. The van der Waals surface area contributed by atoms with E-state index in [-0.39, 0.29) is 31.1 Å². The van der Waals surface area contributed by atoms with Crippen molar-refractivity contribution in [1.29, 1.82) is 0 Å². The van der Waals surface area contributed by atoms with Crippen LogP contribution in [0.3, 0.4) is 0 Å². The van der Waals surface area contributed by atoms with Gasteiger partial charge in [0.05, 0.1) is 0 Å². The van der Waals surface area contributed by atoms with Crippen LogP contribution in [-0.4, -0.2) is 37.2 Å². The van der Waals surface area contributed by atoms with Crippen LogP contribution in [0.4, 0.5) is 0 Å². The molecule has 0 N–H and O–H groups in total. The van der Waals surface area contributed by atoms with Crippen LogP contribution in [0, 0.1) is 0 Å². The Morgan fingerprint density at radius 2 is 0.481 bits per heavy atom. The van der Waals surface area contributed by atoms with Crippen LogP contribution in [0.25, 0.3) is 0 Å². The molecular formula is C75H128O6. The third-order valence-corrected chi connectivity index (χ3v) is 14.7. The highest BCUT2D eigenvalue weighted by molar-refractivity contribution is 5.71. The molecule has 0 aromatic heterocycles. The molecule has 0 aliphatic rings. The van der Waals surface area contributed by atoms with E-state index in [4.69, 9.17) is 14.2 Å². The summed E-state index contributed by atoms with van der Waals surface area (Å²) in [4.78, 5) is 38.3. The van der Waals surface area contributed by atoms with Crippen molar-refractivity contribution >= 4 is 17.9 Å². The van der Waals surface area contributed by atoms with E-state index in [9.17, 15) is 14.4 Å². The predicted octanol–water partition coefficient (Wildman–Crippen LogP) is 23.8. The van der Waals surface area contributed by atoms with Crippen molar-refractivity contribution in [2.24, 2.45) is 0 Å². The van der Waals surface area contributed by atoms with E-state index in [1.807, 2.05) is 0 Å². The van der Waals surface area contributed by atoms with Crippen LogP contribution in [0.1, 0.15) is 329 Å². The summed E-state index contributed by atoms with van der Waals surface area (Å²) in [6.07, 6.45) is 94.2. The molecule has 1 atom stereocenters. The second kappa shape index (κ2) is 68.6. The van der Waals surface area contributed by atoms with Crippen molar-refractivity contribution in [1.82, 2.24) is 0 Å². The lowest BCUT2D eigenvalue weighted by molar-refractivity contribution is -0.167. The number of unbranched alkanes of at least 4 members (excludes halogenated alkanes) is 33. The van der Waals surface area contributed by atoms with Crippen LogP contribution >= 0.6 is 0 Å². The second-order valence-corrected chi connectivity index (χ2v) is 22.7. The van der Waals surface area contributed by atoms with Crippen molar-refractivity contribution in [3.05, 3.63) is 109 Å². The van der Waals surface area contributed by atoms with E-state index < -0.39 is 6.10 Å². The van der Waals surface area contributed by atoms with Crippen molar-refractivity contribution in [3.63, 3.8) is 0 Å². The molecule has 0 aliphatic heterocycles. The topological polar surface area (TPSA) is 78.9 Å². The number of allylic oxidation sites excluding steroid dienone is 18. The van der Waals surface area contributed by atoms with Crippen molar-refractivity contribution in [2.75, 3.05) is 13.2 Å². The predicted molar refractivity (Wildman–Crippen MR) is 353 cm³/mol. The number of ether oxygens (including phenoxy) is 3. The minimum Gasteiger partial charge on any atom is -0.462 e. The lowest BCUT2D eigenvalue weighted by atomic mass is 10.0. The average molecular weight is 1130 g/mol. The maximum absolute atomic E-state index is 12.9. The van der Waals surface area contributed by atoms with Crippen LogP contribution in [0.5, 0.6) is 0 Å². The standard InChI is InChI=1S/C75H128O6/c1-4-7-10-13-16-19-22-25-27-28-29-30-31-32-33-34-35-36-37-38-39-40-41-42-43-44-45-46-48-50-53-56-59-62-65-68-74(77)80-71-72(70-79-73(76)67-64-61-58-55-52-49-24-21-18-15-12-9-6-3)81-75(78)69-66-63-60-57-54-51-47-26-23-20-17-14-11-8-5-2/h7,9-10,12,16-21,25-27,29-30,47,49,52,72H,4-6,8,11,13-15,22-24,28,31-46,48,50-51,53-71H2,1-3H3/b10-7-,12-9-,19-16-,20-17-,21-18-,27-25-,30-29-,47-26-,52-49-. The van der Waals surface area contributed by atoms with Gasteiger partial charge in [0, 0.05) is 19.3 Å². The zero-order valence-corrected chi connectivity index (χ0v) is 53.3. The minimum atomic E-state index is -0.797. The summed E-state index contributed by atoms with van der Waals surface area (Å²) in [6, 6.07) is 0. The Morgan fingerprint density at radius 1 is 0.259 bits per heavy atom. The smallest absolute Gasteiger partial charge is 0.306 e. The Hall–Kier alpha value is -3.93. The maximum atomic E-state index is 12.9. The third-order valence-electron chi connectivity index (χ3n) is 14.7. The van der Waals surface area contributed by atoms with Crippen LogP contribution in [-0.2, 0) is 28.6 Å². The highest BCUT2D eigenvalue weighted by atomic mass is 16.6. The number of esters is 3. The van der Waals surface area contributed by atoms with E-state index in [1.165, 1.54) is 154 Å². The molecular weight excluding hydrogens is 997 g/mol. The summed E-state index contributed by atoms with van der Waals surface area (Å²) in [5, 5.41) is 0.